The Balaban J connectivity index is 2.28. The zero-order valence-electron chi connectivity index (χ0n) is 12.7. The normalized spacial score (nSPS) is 23.4. The van der Waals surface area contributed by atoms with Gasteiger partial charge in [-0.05, 0) is 43.6 Å². The fourth-order valence-electron chi connectivity index (χ4n) is 2.46. The van der Waals surface area contributed by atoms with Gasteiger partial charge in [-0.1, -0.05) is 19.9 Å². The SMILES string of the molecule is CCS(=O)(=O)c1cccc(S(=O)(=O)NC2CCNCC2C)c1. The molecule has 1 heterocycles. The molecule has 2 atom stereocenters. The first-order valence-electron chi connectivity index (χ1n) is 7.32. The summed E-state index contributed by atoms with van der Waals surface area (Å²) in [6.45, 7) is 5.04. The topological polar surface area (TPSA) is 92.3 Å². The van der Waals surface area contributed by atoms with Gasteiger partial charge in [-0.3, -0.25) is 0 Å². The molecule has 2 rings (SSSR count). The third-order valence-electron chi connectivity index (χ3n) is 3.95. The molecular formula is C14H22N2O4S2. The lowest BCUT2D eigenvalue weighted by Gasteiger charge is -2.30. The highest BCUT2D eigenvalue weighted by atomic mass is 32.2. The Kier molecular flexibility index (Phi) is 5.26. The summed E-state index contributed by atoms with van der Waals surface area (Å²) in [5, 5.41) is 3.21. The van der Waals surface area contributed by atoms with Gasteiger partial charge in [0.25, 0.3) is 0 Å². The Bertz CT molecular complexity index is 729. The quantitative estimate of drug-likeness (QED) is 0.821. The first-order chi connectivity index (χ1) is 10.3. The molecule has 0 bridgehead atoms. The molecule has 0 spiro atoms. The van der Waals surface area contributed by atoms with Crippen molar-refractivity contribution in [2.24, 2.45) is 5.92 Å². The lowest BCUT2D eigenvalue weighted by Crippen LogP contribution is -2.48. The van der Waals surface area contributed by atoms with Crippen molar-refractivity contribution in [1.82, 2.24) is 10.0 Å². The second-order valence-corrected chi connectivity index (χ2v) is 9.57. The largest absolute Gasteiger partial charge is 0.316 e. The molecule has 1 saturated heterocycles. The number of sulfonamides is 1. The van der Waals surface area contributed by atoms with Crippen LogP contribution < -0.4 is 10.0 Å². The van der Waals surface area contributed by atoms with Crippen molar-refractivity contribution in [3.05, 3.63) is 24.3 Å². The predicted octanol–water partition coefficient (Wildman–Crippen LogP) is 0.757. The van der Waals surface area contributed by atoms with Gasteiger partial charge in [-0.2, -0.15) is 0 Å². The van der Waals surface area contributed by atoms with Crippen LogP contribution in [0.4, 0.5) is 0 Å². The van der Waals surface area contributed by atoms with Crippen LogP contribution in [0.2, 0.25) is 0 Å². The van der Waals surface area contributed by atoms with E-state index in [4.69, 9.17) is 0 Å². The molecule has 0 aliphatic carbocycles. The summed E-state index contributed by atoms with van der Waals surface area (Å²) in [6.07, 6.45) is 0.716. The van der Waals surface area contributed by atoms with Crippen LogP contribution in [0.1, 0.15) is 20.3 Å². The molecule has 1 fully saturated rings. The zero-order valence-corrected chi connectivity index (χ0v) is 14.4. The molecule has 1 aliphatic heterocycles. The molecule has 0 radical (unpaired) electrons. The second kappa shape index (κ2) is 6.66. The Morgan fingerprint density at radius 1 is 1.23 bits per heavy atom. The predicted molar refractivity (Wildman–Crippen MR) is 84.9 cm³/mol. The molecule has 0 amide bonds. The summed E-state index contributed by atoms with van der Waals surface area (Å²) in [5.41, 5.74) is 0. The van der Waals surface area contributed by atoms with Crippen molar-refractivity contribution in [3.8, 4) is 0 Å². The van der Waals surface area contributed by atoms with Crippen LogP contribution in [0.5, 0.6) is 0 Å². The highest BCUT2D eigenvalue weighted by Crippen LogP contribution is 2.19. The van der Waals surface area contributed by atoms with Gasteiger partial charge >= 0.3 is 0 Å². The van der Waals surface area contributed by atoms with E-state index in [-0.39, 0.29) is 27.5 Å². The molecule has 2 N–H and O–H groups in total. The van der Waals surface area contributed by atoms with E-state index in [1.54, 1.807) is 0 Å². The van der Waals surface area contributed by atoms with E-state index in [2.05, 4.69) is 10.0 Å². The molecule has 124 valence electrons. The smallest absolute Gasteiger partial charge is 0.240 e. The molecule has 8 heteroatoms. The zero-order chi connectivity index (χ0) is 16.4. The molecule has 1 aromatic carbocycles. The van der Waals surface area contributed by atoms with Gasteiger partial charge in [0.2, 0.25) is 10.0 Å². The molecule has 2 unspecified atom stereocenters. The minimum absolute atomic E-state index is 0.00671. The molecule has 0 aromatic heterocycles. The summed E-state index contributed by atoms with van der Waals surface area (Å²) in [4.78, 5) is 0.0315. The first-order valence-corrected chi connectivity index (χ1v) is 10.5. The summed E-state index contributed by atoms with van der Waals surface area (Å²) in [7, 11) is -7.15. The Morgan fingerprint density at radius 2 is 1.91 bits per heavy atom. The van der Waals surface area contributed by atoms with E-state index >= 15 is 0 Å². The lowest BCUT2D eigenvalue weighted by molar-refractivity contribution is 0.328. The van der Waals surface area contributed by atoms with Gasteiger partial charge in [-0.25, -0.2) is 21.6 Å². The maximum absolute atomic E-state index is 12.5. The molecule has 1 aliphatic rings. The fourth-order valence-corrected chi connectivity index (χ4v) is 4.88. The molecule has 6 nitrogen and oxygen atoms in total. The van der Waals surface area contributed by atoms with E-state index in [0.717, 1.165) is 13.1 Å². The molecular weight excluding hydrogens is 324 g/mol. The van der Waals surface area contributed by atoms with E-state index in [1.807, 2.05) is 6.92 Å². The third-order valence-corrected chi connectivity index (χ3v) is 7.17. The highest BCUT2D eigenvalue weighted by Gasteiger charge is 2.27. The number of rotatable bonds is 5. The number of hydrogen-bond donors (Lipinski definition) is 2. The van der Waals surface area contributed by atoms with Crippen LogP contribution in [0.15, 0.2) is 34.1 Å². The van der Waals surface area contributed by atoms with Crippen molar-refractivity contribution < 1.29 is 16.8 Å². The van der Waals surface area contributed by atoms with E-state index < -0.39 is 19.9 Å². The van der Waals surface area contributed by atoms with Crippen molar-refractivity contribution in [2.75, 3.05) is 18.8 Å². The van der Waals surface area contributed by atoms with Crippen LogP contribution in [-0.2, 0) is 19.9 Å². The van der Waals surface area contributed by atoms with Gasteiger partial charge < -0.3 is 5.32 Å². The van der Waals surface area contributed by atoms with E-state index in [1.165, 1.54) is 31.2 Å². The molecule has 0 saturated carbocycles. The molecule has 22 heavy (non-hydrogen) atoms. The Hall–Kier alpha value is -0.960. The minimum Gasteiger partial charge on any atom is -0.316 e. The van der Waals surface area contributed by atoms with Crippen LogP contribution in [0, 0.1) is 5.92 Å². The first kappa shape index (κ1) is 17.4. The fraction of sp³-hybridized carbons (Fsp3) is 0.571. The third kappa shape index (κ3) is 3.87. The Morgan fingerprint density at radius 3 is 2.55 bits per heavy atom. The van der Waals surface area contributed by atoms with Crippen molar-refractivity contribution in [1.29, 1.82) is 0 Å². The van der Waals surface area contributed by atoms with Gasteiger partial charge in [0.15, 0.2) is 9.84 Å². The second-order valence-electron chi connectivity index (χ2n) is 5.58. The van der Waals surface area contributed by atoms with Crippen LogP contribution in [-0.4, -0.2) is 41.7 Å². The number of piperidine rings is 1. The summed E-state index contributed by atoms with van der Waals surface area (Å²) >= 11 is 0. The van der Waals surface area contributed by atoms with Crippen molar-refractivity contribution >= 4 is 19.9 Å². The van der Waals surface area contributed by atoms with Gasteiger partial charge in [0.1, 0.15) is 0 Å². The average molecular weight is 346 g/mol. The van der Waals surface area contributed by atoms with Gasteiger partial charge in [0.05, 0.1) is 15.5 Å². The molecule has 1 aromatic rings. The van der Waals surface area contributed by atoms with Crippen molar-refractivity contribution in [2.45, 2.75) is 36.1 Å². The summed E-state index contributed by atoms with van der Waals surface area (Å²) in [6, 6.07) is 5.39. The summed E-state index contributed by atoms with van der Waals surface area (Å²) < 4.78 is 51.5. The maximum Gasteiger partial charge on any atom is 0.240 e. The average Bonchev–Trinajstić information content (AvgIpc) is 2.49. The highest BCUT2D eigenvalue weighted by molar-refractivity contribution is 7.91. The van der Waals surface area contributed by atoms with Gasteiger partial charge in [0, 0.05) is 6.04 Å². The van der Waals surface area contributed by atoms with Crippen LogP contribution >= 0.6 is 0 Å². The maximum atomic E-state index is 12.5. The number of hydrogen-bond acceptors (Lipinski definition) is 5. The Labute approximate surface area is 132 Å². The van der Waals surface area contributed by atoms with Gasteiger partial charge in [-0.15, -0.1) is 0 Å². The standard InChI is InChI=1S/C14H22N2O4S2/c1-3-21(17,18)12-5-4-6-13(9-12)22(19,20)16-14-7-8-15-10-11(14)2/h4-6,9,11,14-16H,3,7-8,10H2,1-2H3. The lowest BCUT2D eigenvalue weighted by atomic mass is 9.97. The number of sulfone groups is 1. The summed E-state index contributed by atoms with van der Waals surface area (Å²) in [5.74, 6) is 0.126. The number of benzene rings is 1. The van der Waals surface area contributed by atoms with Crippen molar-refractivity contribution in [3.63, 3.8) is 0 Å². The number of nitrogens with one attached hydrogen (secondary N) is 2. The van der Waals surface area contributed by atoms with E-state index in [0.29, 0.717) is 6.42 Å². The van der Waals surface area contributed by atoms with E-state index in [9.17, 15) is 16.8 Å². The minimum atomic E-state index is -3.73. The van der Waals surface area contributed by atoms with Crippen LogP contribution in [0.25, 0.3) is 0 Å². The monoisotopic (exact) mass is 346 g/mol. The van der Waals surface area contributed by atoms with Crippen LogP contribution in [0.3, 0.4) is 0 Å².